The Labute approximate surface area is 136 Å². The van der Waals surface area contributed by atoms with Crippen molar-refractivity contribution in [2.75, 3.05) is 11.9 Å². The number of para-hydroxylation sites is 1. The van der Waals surface area contributed by atoms with Crippen LogP contribution in [0.25, 0.3) is 0 Å². The molecule has 0 radical (unpaired) electrons. The maximum absolute atomic E-state index is 5.36. The summed E-state index contributed by atoms with van der Waals surface area (Å²) in [5.41, 5.74) is 3.71. The summed E-state index contributed by atoms with van der Waals surface area (Å²) < 4.78 is 2.26. The van der Waals surface area contributed by atoms with Gasteiger partial charge in [-0.2, -0.15) is 0 Å². The Bertz CT molecular complexity index is 635. The number of fused-ring (bicyclic) bond motifs is 1. The number of benzene rings is 1. The van der Waals surface area contributed by atoms with Gasteiger partial charge in [0.1, 0.15) is 0 Å². The molecule has 1 aliphatic rings. The fourth-order valence-corrected chi connectivity index (χ4v) is 3.21. The molecule has 22 heavy (non-hydrogen) atoms. The standard InChI is InChI=1S/C17H22N4S/c1-2-21-12-19-15-10-13(8-9-16(15)21)11-18-17(22)20-14-6-4-3-5-7-14/h3-7,12-13H,2,8-11H2,1H3,(H2,18,20,22). The van der Waals surface area contributed by atoms with Crippen LogP contribution in [0.2, 0.25) is 0 Å². The van der Waals surface area contributed by atoms with E-state index in [0.717, 1.165) is 31.6 Å². The maximum atomic E-state index is 5.36. The van der Waals surface area contributed by atoms with E-state index in [2.05, 4.69) is 27.1 Å². The molecule has 1 heterocycles. The second-order valence-electron chi connectivity index (χ2n) is 5.73. The highest BCUT2D eigenvalue weighted by atomic mass is 32.1. The van der Waals surface area contributed by atoms with Gasteiger partial charge < -0.3 is 15.2 Å². The van der Waals surface area contributed by atoms with Gasteiger partial charge >= 0.3 is 0 Å². The van der Waals surface area contributed by atoms with Gasteiger partial charge in [-0.1, -0.05) is 18.2 Å². The van der Waals surface area contributed by atoms with E-state index in [1.165, 1.54) is 17.8 Å². The van der Waals surface area contributed by atoms with Crippen molar-refractivity contribution in [3.8, 4) is 0 Å². The molecule has 1 aromatic heterocycles. The number of anilines is 1. The third-order valence-corrected chi connectivity index (χ3v) is 4.47. The summed E-state index contributed by atoms with van der Waals surface area (Å²) in [6.45, 7) is 4.08. The summed E-state index contributed by atoms with van der Waals surface area (Å²) in [5, 5.41) is 7.24. The van der Waals surface area contributed by atoms with Gasteiger partial charge in [0.15, 0.2) is 5.11 Å². The molecule has 116 valence electrons. The highest BCUT2D eigenvalue weighted by Gasteiger charge is 2.22. The zero-order valence-corrected chi connectivity index (χ0v) is 13.7. The van der Waals surface area contributed by atoms with Crippen molar-refractivity contribution in [2.24, 2.45) is 5.92 Å². The molecule has 5 heteroatoms. The van der Waals surface area contributed by atoms with Crippen LogP contribution in [0.4, 0.5) is 5.69 Å². The molecule has 0 amide bonds. The molecular weight excluding hydrogens is 292 g/mol. The predicted octanol–water partition coefficient (Wildman–Crippen LogP) is 2.99. The summed E-state index contributed by atoms with van der Waals surface area (Å²) in [4.78, 5) is 4.56. The highest BCUT2D eigenvalue weighted by Crippen LogP contribution is 2.24. The summed E-state index contributed by atoms with van der Waals surface area (Å²) in [7, 11) is 0. The Balaban J connectivity index is 1.49. The summed E-state index contributed by atoms with van der Waals surface area (Å²) in [5.74, 6) is 0.600. The van der Waals surface area contributed by atoms with E-state index < -0.39 is 0 Å². The monoisotopic (exact) mass is 314 g/mol. The van der Waals surface area contributed by atoms with Crippen LogP contribution in [0.1, 0.15) is 24.7 Å². The van der Waals surface area contributed by atoms with Gasteiger partial charge in [0.25, 0.3) is 0 Å². The van der Waals surface area contributed by atoms with Crippen molar-refractivity contribution in [3.05, 3.63) is 48.0 Å². The van der Waals surface area contributed by atoms with E-state index in [1.807, 2.05) is 36.7 Å². The largest absolute Gasteiger partial charge is 0.362 e. The van der Waals surface area contributed by atoms with Crippen molar-refractivity contribution >= 4 is 23.0 Å². The second kappa shape index (κ2) is 6.92. The average molecular weight is 314 g/mol. The first-order chi connectivity index (χ1) is 10.8. The van der Waals surface area contributed by atoms with Crippen LogP contribution in [-0.2, 0) is 19.4 Å². The van der Waals surface area contributed by atoms with Crippen LogP contribution in [0.5, 0.6) is 0 Å². The summed E-state index contributed by atoms with van der Waals surface area (Å²) >= 11 is 5.36. The number of aryl methyl sites for hydroxylation is 1. The minimum absolute atomic E-state index is 0.600. The Morgan fingerprint density at radius 1 is 1.36 bits per heavy atom. The molecule has 0 aliphatic heterocycles. The molecular formula is C17H22N4S. The predicted molar refractivity (Wildman–Crippen MR) is 94.1 cm³/mol. The molecule has 0 saturated carbocycles. The zero-order chi connectivity index (χ0) is 15.4. The molecule has 1 unspecified atom stereocenters. The van der Waals surface area contributed by atoms with Gasteiger partial charge in [-0.05, 0) is 56.5 Å². The fourth-order valence-electron chi connectivity index (χ4n) is 3.00. The quantitative estimate of drug-likeness (QED) is 0.851. The van der Waals surface area contributed by atoms with Crippen LogP contribution in [0, 0.1) is 5.92 Å². The number of thiocarbonyl (C=S) groups is 1. The van der Waals surface area contributed by atoms with Crippen molar-refractivity contribution in [3.63, 3.8) is 0 Å². The number of hydrogen-bond donors (Lipinski definition) is 2. The van der Waals surface area contributed by atoms with Crippen LogP contribution in [0.3, 0.4) is 0 Å². The lowest BCUT2D eigenvalue weighted by Gasteiger charge is -2.23. The van der Waals surface area contributed by atoms with E-state index in [0.29, 0.717) is 11.0 Å². The Morgan fingerprint density at radius 2 is 2.18 bits per heavy atom. The van der Waals surface area contributed by atoms with E-state index in [1.54, 1.807) is 0 Å². The molecule has 4 nitrogen and oxygen atoms in total. The molecule has 1 atom stereocenters. The first-order valence-corrected chi connectivity index (χ1v) is 8.30. The maximum Gasteiger partial charge on any atom is 0.170 e. The number of nitrogens with zero attached hydrogens (tertiary/aromatic N) is 2. The van der Waals surface area contributed by atoms with Crippen molar-refractivity contribution < 1.29 is 0 Å². The van der Waals surface area contributed by atoms with E-state index in [-0.39, 0.29) is 0 Å². The van der Waals surface area contributed by atoms with E-state index >= 15 is 0 Å². The smallest absolute Gasteiger partial charge is 0.170 e. The first kappa shape index (κ1) is 15.0. The third-order valence-electron chi connectivity index (χ3n) is 4.23. The number of hydrogen-bond acceptors (Lipinski definition) is 2. The molecule has 1 aliphatic carbocycles. The highest BCUT2D eigenvalue weighted by molar-refractivity contribution is 7.80. The molecule has 3 rings (SSSR count). The number of rotatable bonds is 4. The number of imidazole rings is 1. The van der Waals surface area contributed by atoms with Crippen LogP contribution in [0.15, 0.2) is 36.7 Å². The number of aromatic nitrogens is 2. The van der Waals surface area contributed by atoms with Gasteiger partial charge in [-0.25, -0.2) is 4.98 Å². The minimum atomic E-state index is 0.600. The lowest BCUT2D eigenvalue weighted by atomic mass is 9.89. The van der Waals surface area contributed by atoms with Crippen LogP contribution < -0.4 is 10.6 Å². The molecule has 2 aromatic rings. The van der Waals surface area contributed by atoms with Gasteiger partial charge in [0.2, 0.25) is 0 Å². The topological polar surface area (TPSA) is 41.9 Å². The Kier molecular flexibility index (Phi) is 4.73. The van der Waals surface area contributed by atoms with Crippen LogP contribution >= 0.6 is 12.2 Å². The second-order valence-corrected chi connectivity index (χ2v) is 6.14. The van der Waals surface area contributed by atoms with E-state index in [9.17, 15) is 0 Å². The summed E-state index contributed by atoms with van der Waals surface area (Å²) in [6.07, 6.45) is 5.33. The number of nitrogens with one attached hydrogen (secondary N) is 2. The third kappa shape index (κ3) is 3.47. The van der Waals surface area contributed by atoms with Gasteiger partial charge in [-0.3, -0.25) is 0 Å². The lowest BCUT2D eigenvalue weighted by Crippen LogP contribution is -2.35. The Morgan fingerprint density at radius 3 is 2.95 bits per heavy atom. The molecule has 2 N–H and O–H groups in total. The van der Waals surface area contributed by atoms with Crippen molar-refractivity contribution in [2.45, 2.75) is 32.7 Å². The fraction of sp³-hybridized carbons (Fsp3) is 0.412. The van der Waals surface area contributed by atoms with Crippen molar-refractivity contribution in [1.82, 2.24) is 14.9 Å². The van der Waals surface area contributed by atoms with E-state index in [4.69, 9.17) is 12.2 Å². The lowest BCUT2D eigenvalue weighted by molar-refractivity contribution is 0.439. The molecule has 0 spiro atoms. The Hall–Kier alpha value is -1.88. The minimum Gasteiger partial charge on any atom is -0.362 e. The zero-order valence-electron chi connectivity index (χ0n) is 12.9. The summed E-state index contributed by atoms with van der Waals surface area (Å²) in [6, 6.07) is 10.0. The first-order valence-electron chi connectivity index (χ1n) is 7.89. The van der Waals surface area contributed by atoms with Crippen molar-refractivity contribution in [1.29, 1.82) is 0 Å². The van der Waals surface area contributed by atoms with Gasteiger partial charge in [-0.15, -0.1) is 0 Å². The molecule has 0 fully saturated rings. The molecule has 0 saturated heterocycles. The van der Waals surface area contributed by atoms with Gasteiger partial charge in [0.05, 0.1) is 12.0 Å². The van der Waals surface area contributed by atoms with Gasteiger partial charge in [0, 0.05) is 24.5 Å². The SMILES string of the molecule is CCn1cnc2c1CCC(CNC(=S)Nc1ccccc1)C2. The average Bonchev–Trinajstić information content (AvgIpc) is 2.96. The molecule has 0 bridgehead atoms. The normalized spacial score (nSPS) is 16.9. The molecule has 1 aromatic carbocycles. The van der Waals surface area contributed by atoms with Crippen LogP contribution in [-0.4, -0.2) is 21.2 Å².